The fourth-order valence-corrected chi connectivity index (χ4v) is 1.55. The second-order valence-corrected chi connectivity index (χ2v) is 3.87. The zero-order valence-electron chi connectivity index (χ0n) is 8.11. The van der Waals surface area contributed by atoms with Crippen molar-refractivity contribution in [3.8, 4) is 5.75 Å². The molecular weight excluding hydrogens is 216 g/mol. The lowest BCUT2D eigenvalue weighted by molar-refractivity contribution is -0.138. The van der Waals surface area contributed by atoms with E-state index in [0.717, 1.165) is 6.42 Å². The molecule has 0 bridgehead atoms. The summed E-state index contributed by atoms with van der Waals surface area (Å²) in [6.07, 6.45) is 0.742. The van der Waals surface area contributed by atoms with E-state index in [-0.39, 0.29) is 11.9 Å². The van der Waals surface area contributed by atoms with Gasteiger partial charge in [0.25, 0.3) is 0 Å². The Labute approximate surface area is 92.9 Å². The van der Waals surface area contributed by atoms with Crippen LogP contribution in [-0.4, -0.2) is 19.2 Å². The first-order valence-electron chi connectivity index (χ1n) is 4.81. The van der Waals surface area contributed by atoms with Gasteiger partial charge in [0.1, 0.15) is 5.75 Å². The molecule has 80 valence electrons. The highest BCUT2D eigenvalue weighted by Gasteiger charge is 2.25. The van der Waals surface area contributed by atoms with Crippen LogP contribution in [0.1, 0.15) is 6.42 Å². The minimum absolute atomic E-state index is 0.124. The van der Waals surface area contributed by atoms with Crippen LogP contribution in [0, 0.1) is 5.92 Å². The molecule has 3 nitrogen and oxygen atoms in total. The third-order valence-electron chi connectivity index (χ3n) is 2.30. The Morgan fingerprint density at radius 3 is 2.73 bits per heavy atom. The van der Waals surface area contributed by atoms with E-state index >= 15 is 0 Å². The van der Waals surface area contributed by atoms with Gasteiger partial charge in [-0.2, -0.15) is 0 Å². The summed E-state index contributed by atoms with van der Waals surface area (Å²) >= 11 is 5.71. The van der Waals surface area contributed by atoms with Gasteiger partial charge < -0.3 is 9.47 Å². The topological polar surface area (TPSA) is 35.5 Å². The van der Waals surface area contributed by atoms with E-state index in [0.29, 0.717) is 24.0 Å². The van der Waals surface area contributed by atoms with Crippen LogP contribution in [0.4, 0.5) is 0 Å². The summed E-state index contributed by atoms with van der Waals surface area (Å²) in [6, 6.07) is 6.73. The molecule has 1 heterocycles. The molecule has 0 spiro atoms. The molecule has 0 saturated carbocycles. The van der Waals surface area contributed by atoms with Crippen LogP contribution in [0.15, 0.2) is 24.3 Å². The van der Waals surface area contributed by atoms with Gasteiger partial charge in [-0.1, -0.05) is 11.6 Å². The predicted octanol–water partition coefficient (Wildman–Crippen LogP) is 2.28. The van der Waals surface area contributed by atoms with Gasteiger partial charge >= 0.3 is 5.97 Å². The number of hydrogen-bond donors (Lipinski definition) is 0. The van der Waals surface area contributed by atoms with E-state index < -0.39 is 0 Å². The quantitative estimate of drug-likeness (QED) is 0.573. The highest BCUT2D eigenvalue weighted by Crippen LogP contribution is 2.19. The molecule has 2 rings (SSSR count). The Hall–Kier alpha value is -1.06. The second kappa shape index (κ2) is 4.64. The second-order valence-electron chi connectivity index (χ2n) is 3.44. The maximum atomic E-state index is 11.6. The molecule has 1 fully saturated rings. The number of benzene rings is 1. The Morgan fingerprint density at radius 1 is 1.40 bits per heavy atom. The van der Waals surface area contributed by atoms with Crippen molar-refractivity contribution in [3.05, 3.63) is 29.3 Å². The molecule has 1 aromatic rings. The van der Waals surface area contributed by atoms with Crippen LogP contribution in [0.25, 0.3) is 0 Å². The summed E-state index contributed by atoms with van der Waals surface area (Å²) in [5.74, 6) is 0.173. The van der Waals surface area contributed by atoms with Crippen molar-refractivity contribution in [3.63, 3.8) is 0 Å². The van der Waals surface area contributed by atoms with E-state index in [1.807, 2.05) is 0 Å². The number of ether oxygens (including phenoxy) is 2. The van der Waals surface area contributed by atoms with E-state index in [1.165, 1.54) is 0 Å². The van der Waals surface area contributed by atoms with Gasteiger partial charge in [-0.25, -0.2) is 0 Å². The molecule has 1 aromatic carbocycles. The van der Waals surface area contributed by atoms with Crippen molar-refractivity contribution in [1.29, 1.82) is 0 Å². The SMILES string of the molecule is O=C(Oc1ccc(Cl)cc1)[C@H]1CCOC1. The number of carbonyl (C=O) groups excluding carboxylic acids is 1. The molecule has 1 aliphatic rings. The molecule has 15 heavy (non-hydrogen) atoms. The van der Waals surface area contributed by atoms with Crippen molar-refractivity contribution < 1.29 is 14.3 Å². The van der Waals surface area contributed by atoms with Gasteiger partial charge in [0.2, 0.25) is 0 Å². The number of halogens is 1. The molecule has 1 aliphatic heterocycles. The average molecular weight is 227 g/mol. The first kappa shape index (κ1) is 10.5. The summed E-state index contributed by atoms with van der Waals surface area (Å²) in [6.45, 7) is 1.10. The molecule has 0 aliphatic carbocycles. The zero-order chi connectivity index (χ0) is 10.7. The van der Waals surface area contributed by atoms with E-state index in [1.54, 1.807) is 24.3 Å². The standard InChI is InChI=1S/C11H11ClO3/c12-9-1-3-10(4-2-9)15-11(13)8-5-6-14-7-8/h1-4,8H,5-7H2/t8-/m0/s1. The van der Waals surface area contributed by atoms with Crippen LogP contribution in [0.2, 0.25) is 5.02 Å². The third kappa shape index (κ3) is 2.70. The Balaban J connectivity index is 1.96. The summed E-state index contributed by atoms with van der Waals surface area (Å²) in [4.78, 5) is 11.6. The van der Waals surface area contributed by atoms with Crippen molar-refractivity contribution >= 4 is 17.6 Å². The van der Waals surface area contributed by atoms with Gasteiger partial charge in [0.15, 0.2) is 0 Å². The first-order chi connectivity index (χ1) is 7.25. The number of carbonyl (C=O) groups is 1. The van der Waals surface area contributed by atoms with Crippen molar-refractivity contribution in [2.24, 2.45) is 5.92 Å². The Morgan fingerprint density at radius 2 is 2.13 bits per heavy atom. The van der Waals surface area contributed by atoms with Gasteiger partial charge in [-0.15, -0.1) is 0 Å². The van der Waals surface area contributed by atoms with Crippen LogP contribution in [0.3, 0.4) is 0 Å². The predicted molar refractivity (Wildman–Crippen MR) is 56.0 cm³/mol. The zero-order valence-corrected chi connectivity index (χ0v) is 8.87. The number of hydrogen-bond acceptors (Lipinski definition) is 3. The smallest absolute Gasteiger partial charge is 0.316 e. The molecule has 0 radical (unpaired) electrons. The van der Waals surface area contributed by atoms with Gasteiger partial charge in [-0.3, -0.25) is 4.79 Å². The van der Waals surface area contributed by atoms with E-state index in [2.05, 4.69) is 0 Å². The normalized spacial score (nSPS) is 20.2. The molecule has 0 amide bonds. The fourth-order valence-electron chi connectivity index (χ4n) is 1.42. The van der Waals surface area contributed by atoms with E-state index in [9.17, 15) is 4.79 Å². The van der Waals surface area contributed by atoms with Crippen molar-refractivity contribution in [2.45, 2.75) is 6.42 Å². The van der Waals surface area contributed by atoms with E-state index in [4.69, 9.17) is 21.1 Å². The molecule has 0 unspecified atom stereocenters. The summed E-state index contributed by atoms with van der Waals surface area (Å²) in [5, 5.41) is 0.624. The number of rotatable bonds is 2. The highest BCUT2D eigenvalue weighted by atomic mass is 35.5. The largest absolute Gasteiger partial charge is 0.426 e. The minimum atomic E-state index is -0.227. The van der Waals surface area contributed by atoms with Crippen LogP contribution in [0.5, 0.6) is 5.75 Å². The van der Waals surface area contributed by atoms with Crippen molar-refractivity contribution in [2.75, 3.05) is 13.2 Å². The maximum absolute atomic E-state index is 11.6. The Kier molecular flexibility index (Phi) is 3.23. The van der Waals surface area contributed by atoms with Crippen molar-refractivity contribution in [1.82, 2.24) is 0 Å². The lowest BCUT2D eigenvalue weighted by Crippen LogP contribution is -2.20. The van der Waals surface area contributed by atoms with Gasteiger partial charge in [0.05, 0.1) is 12.5 Å². The van der Waals surface area contributed by atoms with Gasteiger partial charge in [0, 0.05) is 11.6 Å². The molecule has 4 heteroatoms. The molecular formula is C11H11ClO3. The molecule has 0 N–H and O–H groups in total. The van der Waals surface area contributed by atoms with Crippen LogP contribution < -0.4 is 4.74 Å². The summed E-state index contributed by atoms with van der Waals surface area (Å²) in [5.41, 5.74) is 0. The third-order valence-corrected chi connectivity index (χ3v) is 2.55. The minimum Gasteiger partial charge on any atom is -0.426 e. The average Bonchev–Trinajstić information content (AvgIpc) is 2.74. The lowest BCUT2D eigenvalue weighted by atomic mass is 10.1. The molecule has 1 atom stereocenters. The molecule has 1 saturated heterocycles. The lowest BCUT2D eigenvalue weighted by Gasteiger charge is -2.07. The summed E-state index contributed by atoms with van der Waals surface area (Å²) < 4.78 is 10.3. The maximum Gasteiger partial charge on any atom is 0.316 e. The Bertz CT molecular complexity index is 341. The highest BCUT2D eigenvalue weighted by molar-refractivity contribution is 6.30. The van der Waals surface area contributed by atoms with Crippen LogP contribution >= 0.6 is 11.6 Å². The summed E-state index contributed by atoms with van der Waals surface area (Å²) in [7, 11) is 0. The van der Waals surface area contributed by atoms with Crippen LogP contribution in [-0.2, 0) is 9.53 Å². The number of esters is 1. The van der Waals surface area contributed by atoms with Gasteiger partial charge in [-0.05, 0) is 30.7 Å². The first-order valence-corrected chi connectivity index (χ1v) is 5.18. The molecule has 0 aromatic heterocycles. The monoisotopic (exact) mass is 226 g/mol. The fraction of sp³-hybridized carbons (Fsp3) is 0.364.